The fourth-order valence-electron chi connectivity index (χ4n) is 3.51. The first-order valence-electron chi connectivity index (χ1n) is 10.7. The molecule has 0 radical (unpaired) electrons. The number of methoxy groups -OCH3 is 2. The molecule has 0 aliphatic heterocycles. The van der Waals surface area contributed by atoms with E-state index in [2.05, 4.69) is 20.4 Å². The summed E-state index contributed by atoms with van der Waals surface area (Å²) in [7, 11) is 3.16. The number of hydrogen-bond donors (Lipinski definition) is 1. The molecule has 2 aromatic heterocycles. The predicted octanol–water partition coefficient (Wildman–Crippen LogP) is 3.92. The summed E-state index contributed by atoms with van der Waals surface area (Å²) in [5.74, 6) is 1.69. The van der Waals surface area contributed by atoms with Gasteiger partial charge in [-0.2, -0.15) is 9.97 Å². The van der Waals surface area contributed by atoms with E-state index in [1.54, 1.807) is 33.3 Å². The van der Waals surface area contributed by atoms with Crippen molar-refractivity contribution in [1.29, 1.82) is 0 Å². The molecular weight excluding hydrogens is 436 g/mol. The minimum atomic E-state index is -0.321. The predicted molar refractivity (Wildman–Crippen MR) is 126 cm³/mol. The van der Waals surface area contributed by atoms with Crippen LogP contribution in [0.1, 0.15) is 22.5 Å². The molecule has 0 aliphatic rings. The van der Waals surface area contributed by atoms with E-state index >= 15 is 0 Å². The third-order valence-corrected chi connectivity index (χ3v) is 5.50. The fourth-order valence-corrected chi connectivity index (χ4v) is 3.51. The summed E-state index contributed by atoms with van der Waals surface area (Å²) in [6.45, 7) is 5.80. The number of nitrogens with one attached hydrogen (secondary N) is 1. The van der Waals surface area contributed by atoms with Crippen molar-refractivity contribution < 1.29 is 23.5 Å². The zero-order valence-electron chi connectivity index (χ0n) is 19.8. The third kappa shape index (κ3) is 4.78. The highest BCUT2D eigenvalue weighted by Gasteiger charge is 2.20. The molecule has 0 aliphatic carbocycles. The monoisotopic (exact) mass is 462 g/mol. The largest absolute Gasteiger partial charge is 0.497 e. The summed E-state index contributed by atoms with van der Waals surface area (Å²) >= 11 is 0. The number of rotatable bonds is 8. The molecule has 1 N–H and O–H groups in total. The molecule has 0 unspecified atom stereocenters. The molecule has 0 saturated heterocycles. The van der Waals surface area contributed by atoms with Crippen LogP contribution in [0.3, 0.4) is 0 Å². The van der Waals surface area contributed by atoms with Crippen LogP contribution in [0.25, 0.3) is 22.4 Å². The maximum absolute atomic E-state index is 12.5. The van der Waals surface area contributed by atoms with Crippen molar-refractivity contribution in [2.75, 3.05) is 20.8 Å². The van der Waals surface area contributed by atoms with Gasteiger partial charge in [0, 0.05) is 17.7 Å². The van der Waals surface area contributed by atoms with Crippen LogP contribution in [0, 0.1) is 20.8 Å². The van der Waals surface area contributed by atoms with Gasteiger partial charge in [0.1, 0.15) is 28.4 Å². The third-order valence-electron chi connectivity index (χ3n) is 5.50. The summed E-state index contributed by atoms with van der Waals surface area (Å²) < 4.78 is 21.9. The van der Waals surface area contributed by atoms with Crippen molar-refractivity contribution in [3.63, 3.8) is 0 Å². The number of carbonyl (C=O) groups is 1. The summed E-state index contributed by atoms with van der Waals surface area (Å²) in [6, 6.07) is 11.4. The van der Waals surface area contributed by atoms with E-state index in [0.29, 0.717) is 34.1 Å². The van der Waals surface area contributed by atoms with E-state index in [1.165, 1.54) is 5.56 Å². The Balaban J connectivity index is 1.53. The Bertz CT molecular complexity index is 1350. The topological polar surface area (TPSA) is 109 Å². The van der Waals surface area contributed by atoms with Crippen LogP contribution in [0.2, 0.25) is 0 Å². The van der Waals surface area contributed by atoms with E-state index < -0.39 is 0 Å². The summed E-state index contributed by atoms with van der Waals surface area (Å²) in [5, 5.41) is 7.55. The summed E-state index contributed by atoms with van der Waals surface area (Å²) in [6.07, 6.45) is 0. The maximum atomic E-state index is 12.5. The lowest BCUT2D eigenvalue weighted by Gasteiger charge is -2.12. The number of nitrogens with zero attached hydrogens (tertiary/aromatic N) is 3. The minimum absolute atomic E-state index is 0.241. The van der Waals surface area contributed by atoms with E-state index in [4.69, 9.17) is 18.7 Å². The highest BCUT2D eigenvalue weighted by Crippen LogP contribution is 2.33. The Morgan fingerprint density at radius 3 is 2.56 bits per heavy atom. The van der Waals surface area contributed by atoms with Gasteiger partial charge in [0.25, 0.3) is 11.6 Å². The highest BCUT2D eigenvalue weighted by molar-refractivity contribution is 5.93. The molecule has 0 fully saturated rings. The van der Waals surface area contributed by atoms with Crippen molar-refractivity contribution in [3.05, 3.63) is 58.9 Å². The van der Waals surface area contributed by atoms with Gasteiger partial charge in [-0.05, 0) is 56.2 Å². The van der Waals surface area contributed by atoms with Gasteiger partial charge in [0.15, 0.2) is 6.61 Å². The van der Waals surface area contributed by atoms with Gasteiger partial charge in [0.05, 0.1) is 14.2 Å². The number of fused-ring (bicyclic) bond motifs is 1. The van der Waals surface area contributed by atoms with E-state index in [0.717, 1.165) is 16.7 Å². The van der Waals surface area contributed by atoms with Crippen molar-refractivity contribution >= 4 is 17.0 Å². The van der Waals surface area contributed by atoms with Crippen molar-refractivity contribution in [2.24, 2.45) is 0 Å². The van der Waals surface area contributed by atoms with Crippen LogP contribution in [0.15, 0.2) is 40.9 Å². The average Bonchev–Trinajstić information content (AvgIpc) is 3.26. The molecule has 34 heavy (non-hydrogen) atoms. The Kier molecular flexibility index (Phi) is 6.62. The number of aryl methyl sites for hydroxylation is 3. The molecule has 4 aromatic rings. The normalized spacial score (nSPS) is 10.9. The molecule has 4 rings (SSSR count). The van der Waals surface area contributed by atoms with Crippen molar-refractivity contribution in [2.45, 2.75) is 27.3 Å². The second-order valence-electron chi connectivity index (χ2n) is 7.83. The summed E-state index contributed by atoms with van der Waals surface area (Å²) in [4.78, 5) is 21.3. The molecule has 9 nitrogen and oxygen atoms in total. The number of amides is 1. The van der Waals surface area contributed by atoms with Crippen LogP contribution in [0.4, 0.5) is 0 Å². The maximum Gasteiger partial charge on any atom is 0.265 e. The molecule has 0 atom stereocenters. The lowest BCUT2D eigenvalue weighted by Crippen LogP contribution is -2.28. The molecule has 0 saturated carbocycles. The first-order valence-corrected chi connectivity index (χ1v) is 10.7. The fraction of sp³-hybridized carbons (Fsp3) is 0.280. The van der Waals surface area contributed by atoms with Crippen LogP contribution >= 0.6 is 0 Å². The van der Waals surface area contributed by atoms with Gasteiger partial charge in [0.2, 0.25) is 5.88 Å². The van der Waals surface area contributed by atoms with E-state index in [-0.39, 0.29) is 24.9 Å². The molecule has 9 heteroatoms. The molecular formula is C25H26N4O5. The Morgan fingerprint density at radius 1 is 1.00 bits per heavy atom. The number of ether oxygens (including phenoxy) is 3. The van der Waals surface area contributed by atoms with E-state index in [9.17, 15) is 4.79 Å². The number of hydrogen-bond acceptors (Lipinski definition) is 8. The standard InChI is InChI=1S/C25H26N4O5/c1-14-6-7-17(10-15(14)2)23-22-24(27-16(3)28-25(22)34-29-23)33-13-21(30)26-12-18-11-19(31-4)8-9-20(18)32-5/h6-11H,12-13H2,1-5H3,(H,26,30). The lowest BCUT2D eigenvalue weighted by molar-refractivity contribution is -0.123. The number of aromatic nitrogens is 3. The van der Waals surface area contributed by atoms with Gasteiger partial charge in [-0.25, -0.2) is 0 Å². The minimum Gasteiger partial charge on any atom is -0.497 e. The van der Waals surface area contributed by atoms with Gasteiger partial charge >= 0.3 is 0 Å². The summed E-state index contributed by atoms with van der Waals surface area (Å²) in [5.41, 5.74) is 4.80. The van der Waals surface area contributed by atoms with Crippen LogP contribution < -0.4 is 19.5 Å². The second kappa shape index (κ2) is 9.78. The zero-order valence-corrected chi connectivity index (χ0v) is 19.8. The Hall–Kier alpha value is -4.14. The van der Waals surface area contributed by atoms with Crippen molar-refractivity contribution in [1.82, 2.24) is 20.4 Å². The smallest absolute Gasteiger partial charge is 0.265 e. The molecule has 0 spiro atoms. The average molecular weight is 463 g/mol. The highest BCUT2D eigenvalue weighted by atomic mass is 16.5. The second-order valence-corrected chi connectivity index (χ2v) is 7.83. The molecule has 2 heterocycles. The van der Waals surface area contributed by atoms with Gasteiger partial charge < -0.3 is 24.1 Å². The van der Waals surface area contributed by atoms with Crippen LogP contribution in [-0.4, -0.2) is 41.9 Å². The Labute approximate surface area is 197 Å². The quantitative estimate of drug-likeness (QED) is 0.420. The SMILES string of the molecule is COc1ccc(OC)c(CNC(=O)COc2nc(C)nc3onc(-c4ccc(C)c(C)c4)c23)c1. The van der Waals surface area contributed by atoms with Gasteiger partial charge in [-0.3, -0.25) is 4.79 Å². The van der Waals surface area contributed by atoms with Crippen LogP contribution in [-0.2, 0) is 11.3 Å². The molecule has 1 amide bonds. The van der Waals surface area contributed by atoms with Crippen molar-refractivity contribution in [3.8, 4) is 28.6 Å². The number of carbonyl (C=O) groups excluding carboxylic acids is 1. The number of benzene rings is 2. The molecule has 2 aromatic carbocycles. The first kappa shape index (κ1) is 23.0. The molecule has 176 valence electrons. The first-order chi connectivity index (χ1) is 16.4. The van der Waals surface area contributed by atoms with E-state index in [1.807, 2.05) is 38.1 Å². The van der Waals surface area contributed by atoms with Gasteiger partial charge in [-0.1, -0.05) is 17.3 Å². The van der Waals surface area contributed by atoms with Gasteiger partial charge in [-0.15, -0.1) is 0 Å². The lowest BCUT2D eigenvalue weighted by atomic mass is 10.0. The molecule has 0 bridgehead atoms. The Morgan fingerprint density at radius 2 is 1.82 bits per heavy atom. The zero-order chi connectivity index (χ0) is 24.2. The van der Waals surface area contributed by atoms with Crippen LogP contribution in [0.5, 0.6) is 17.4 Å².